The van der Waals surface area contributed by atoms with Crippen LogP contribution in [0.25, 0.3) is 16.7 Å². The van der Waals surface area contributed by atoms with Crippen LogP contribution in [-0.2, 0) is 16.0 Å². The van der Waals surface area contributed by atoms with Crippen molar-refractivity contribution >= 4 is 34.0 Å². The van der Waals surface area contributed by atoms with Crippen LogP contribution in [0.5, 0.6) is 0 Å². The van der Waals surface area contributed by atoms with Crippen molar-refractivity contribution in [3.8, 4) is 0 Å². The summed E-state index contributed by atoms with van der Waals surface area (Å²) in [6, 6.07) is 19.5. The molecular formula is C26H21N3O3. The van der Waals surface area contributed by atoms with Crippen LogP contribution >= 0.6 is 0 Å². The molecule has 1 aliphatic heterocycles. The maximum Gasteiger partial charge on any atom is 0.300 e. The van der Waals surface area contributed by atoms with Gasteiger partial charge >= 0.3 is 0 Å². The summed E-state index contributed by atoms with van der Waals surface area (Å²) in [6.07, 6.45) is 4.13. The van der Waals surface area contributed by atoms with E-state index >= 15 is 0 Å². The first-order valence-electron chi connectivity index (χ1n) is 10.5. The number of nitrogens with zero attached hydrogens (tertiary/aromatic N) is 2. The van der Waals surface area contributed by atoms with Gasteiger partial charge in [0, 0.05) is 34.5 Å². The van der Waals surface area contributed by atoms with Gasteiger partial charge in [0.25, 0.3) is 11.7 Å². The van der Waals surface area contributed by atoms with Gasteiger partial charge in [-0.15, -0.1) is 0 Å². The summed E-state index contributed by atoms with van der Waals surface area (Å²) in [5, 5.41) is 12.1. The highest BCUT2D eigenvalue weighted by Crippen LogP contribution is 2.42. The second kappa shape index (κ2) is 7.81. The molecule has 158 valence electrons. The van der Waals surface area contributed by atoms with Gasteiger partial charge in [-0.05, 0) is 42.3 Å². The zero-order chi connectivity index (χ0) is 22.2. The lowest BCUT2D eigenvalue weighted by atomic mass is 9.98. The summed E-state index contributed by atoms with van der Waals surface area (Å²) in [7, 11) is 0. The molecule has 0 saturated carbocycles. The van der Waals surface area contributed by atoms with Gasteiger partial charge in [0.15, 0.2) is 0 Å². The minimum Gasteiger partial charge on any atom is -0.507 e. The third-order valence-electron chi connectivity index (χ3n) is 5.88. The van der Waals surface area contributed by atoms with Crippen molar-refractivity contribution in [1.29, 1.82) is 0 Å². The van der Waals surface area contributed by atoms with E-state index in [9.17, 15) is 14.7 Å². The maximum absolute atomic E-state index is 13.2. The minimum absolute atomic E-state index is 0.0259. The number of aliphatic hydroxyl groups is 1. The zero-order valence-electron chi connectivity index (χ0n) is 17.4. The number of anilines is 1. The van der Waals surface area contributed by atoms with Crippen molar-refractivity contribution in [1.82, 2.24) is 9.97 Å². The number of hydrogen-bond acceptors (Lipinski definition) is 4. The van der Waals surface area contributed by atoms with Gasteiger partial charge < -0.3 is 10.1 Å². The second-order valence-corrected chi connectivity index (χ2v) is 7.69. The highest BCUT2D eigenvalue weighted by Gasteiger charge is 2.47. The Labute approximate surface area is 184 Å². The van der Waals surface area contributed by atoms with Crippen LogP contribution in [-0.4, -0.2) is 26.8 Å². The van der Waals surface area contributed by atoms with Gasteiger partial charge in [-0.1, -0.05) is 43.3 Å². The van der Waals surface area contributed by atoms with Crippen molar-refractivity contribution in [2.75, 3.05) is 4.90 Å². The van der Waals surface area contributed by atoms with E-state index in [2.05, 4.69) is 16.9 Å². The number of carbonyl (C=O) groups is 2. The fraction of sp³-hybridized carbons (Fsp3) is 0.115. The minimum atomic E-state index is -0.836. The smallest absolute Gasteiger partial charge is 0.300 e. The molecule has 32 heavy (non-hydrogen) atoms. The van der Waals surface area contributed by atoms with E-state index in [1.165, 1.54) is 4.90 Å². The Kier molecular flexibility index (Phi) is 4.82. The second-order valence-electron chi connectivity index (χ2n) is 7.69. The number of aromatic amines is 1. The fourth-order valence-corrected chi connectivity index (χ4v) is 4.22. The number of para-hydroxylation sites is 1. The molecule has 2 aromatic heterocycles. The number of Topliss-reactive ketones (excluding diaryl/α,β-unsaturated/α-hetero) is 1. The number of benzene rings is 2. The molecule has 1 aliphatic rings. The average Bonchev–Trinajstić information content (AvgIpc) is 3.38. The van der Waals surface area contributed by atoms with Gasteiger partial charge in [-0.25, -0.2) is 0 Å². The molecule has 1 saturated heterocycles. The molecule has 2 N–H and O–H groups in total. The SMILES string of the molecule is CCc1ccc(N2C(=O)C(=O)/C(=C(\O)c3c[nH]c4ccccc34)C2c2ccccn2)cc1. The number of amides is 1. The highest BCUT2D eigenvalue weighted by molar-refractivity contribution is 6.51. The third kappa shape index (κ3) is 3.08. The summed E-state index contributed by atoms with van der Waals surface area (Å²) in [5.74, 6) is -1.64. The average molecular weight is 423 g/mol. The topological polar surface area (TPSA) is 86.3 Å². The van der Waals surface area contributed by atoms with E-state index < -0.39 is 17.7 Å². The first kappa shape index (κ1) is 19.8. The molecule has 2 aromatic carbocycles. The Morgan fingerprint density at radius 2 is 1.78 bits per heavy atom. The quantitative estimate of drug-likeness (QED) is 0.282. The molecule has 0 spiro atoms. The predicted molar refractivity (Wildman–Crippen MR) is 123 cm³/mol. The first-order valence-corrected chi connectivity index (χ1v) is 10.5. The summed E-state index contributed by atoms with van der Waals surface area (Å²) >= 11 is 0. The number of aryl methyl sites for hydroxylation is 1. The Balaban J connectivity index is 1.73. The first-order chi connectivity index (χ1) is 15.6. The number of rotatable bonds is 4. The lowest BCUT2D eigenvalue weighted by Crippen LogP contribution is -2.29. The molecule has 0 radical (unpaired) electrons. The molecule has 5 rings (SSSR count). The molecule has 1 amide bonds. The number of H-pyrrole nitrogens is 1. The predicted octanol–water partition coefficient (Wildman–Crippen LogP) is 4.75. The van der Waals surface area contributed by atoms with Crippen molar-refractivity contribution in [3.63, 3.8) is 0 Å². The fourth-order valence-electron chi connectivity index (χ4n) is 4.22. The monoisotopic (exact) mass is 423 g/mol. The Hall–Kier alpha value is -4.19. The maximum atomic E-state index is 13.2. The van der Waals surface area contributed by atoms with Crippen molar-refractivity contribution in [2.24, 2.45) is 0 Å². The van der Waals surface area contributed by atoms with Crippen LogP contribution in [0.15, 0.2) is 84.7 Å². The number of ketones is 1. The number of carbonyl (C=O) groups excluding carboxylic acids is 2. The van der Waals surface area contributed by atoms with Crippen LogP contribution < -0.4 is 4.90 Å². The van der Waals surface area contributed by atoms with Crippen molar-refractivity contribution in [3.05, 3.63) is 102 Å². The van der Waals surface area contributed by atoms with Crippen molar-refractivity contribution < 1.29 is 14.7 Å². The lowest BCUT2D eigenvalue weighted by molar-refractivity contribution is -0.132. The number of aliphatic hydroxyl groups excluding tert-OH is 1. The van der Waals surface area contributed by atoms with Gasteiger partial charge in [0.05, 0.1) is 11.3 Å². The van der Waals surface area contributed by atoms with E-state index in [1.54, 1.807) is 30.6 Å². The molecule has 4 aromatic rings. The van der Waals surface area contributed by atoms with Gasteiger partial charge in [0.1, 0.15) is 11.8 Å². The van der Waals surface area contributed by atoms with Crippen LogP contribution in [0.3, 0.4) is 0 Å². The molecule has 3 heterocycles. The van der Waals surface area contributed by atoms with E-state index in [-0.39, 0.29) is 11.3 Å². The number of fused-ring (bicyclic) bond motifs is 1. The van der Waals surface area contributed by atoms with E-state index in [4.69, 9.17) is 0 Å². The third-order valence-corrected chi connectivity index (χ3v) is 5.88. The molecule has 6 nitrogen and oxygen atoms in total. The molecule has 1 atom stereocenters. The molecule has 0 aliphatic carbocycles. The van der Waals surface area contributed by atoms with E-state index in [1.807, 2.05) is 48.5 Å². The number of hydrogen-bond donors (Lipinski definition) is 2. The highest BCUT2D eigenvalue weighted by atomic mass is 16.3. The standard InChI is InChI=1S/C26H21N3O3/c1-2-16-10-12-17(13-11-16)29-23(21-9-5-6-14-27-21)22(25(31)26(29)32)24(30)19-15-28-20-8-4-3-7-18(19)20/h3-15,23,28,30H,2H2,1H3/b24-22-. The largest absolute Gasteiger partial charge is 0.507 e. The number of pyridine rings is 1. The summed E-state index contributed by atoms with van der Waals surface area (Å²) in [6.45, 7) is 2.05. The van der Waals surface area contributed by atoms with Crippen LogP contribution in [0.1, 0.15) is 29.8 Å². The summed E-state index contributed by atoms with van der Waals surface area (Å²) < 4.78 is 0. The molecule has 1 unspecified atom stereocenters. The zero-order valence-corrected chi connectivity index (χ0v) is 17.4. The Morgan fingerprint density at radius 3 is 2.50 bits per heavy atom. The van der Waals surface area contributed by atoms with E-state index in [0.717, 1.165) is 22.9 Å². The lowest BCUT2D eigenvalue weighted by Gasteiger charge is -2.24. The number of aromatic nitrogens is 2. The van der Waals surface area contributed by atoms with Crippen LogP contribution in [0, 0.1) is 0 Å². The molecule has 1 fully saturated rings. The molecular weight excluding hydrogens is 402 g/mol. The Bertz CT molecular complexity index is 1350. The summed E-state index contributed by atoms with van der Waals surface area (Å²) in [4.78, 5) is 35.4. The normalized spacial score (nSPS) is 17.9. The molecule has 0 bridgehead atoms. The Morgan fingerprint density at radius 1 is 1.03 bits per heavy atom. The van der Waals surface area contributed by atoms with Crippen LogP contribution in [0.4, 0.5) is 5.69 Å². The van der Waals surface area contributed by atoms with Crippen LogP contribution in [0.2, 0.25) is 0 Å². The van der Waals surface area contributed by atoms with Crippen molar-refractivity contribution in [2.45, 2.75) is 19.4 Å². The van der Waals surface area contributed by atoms with Gasteiger partial charge in [-0.2, -0.15) is 0 Å². The van der Waals surface area contributed by atoms with Gasteiger partial charge in [0.2, 0.25) is 0 Å². The summed E-state index contributed by atoms with van der Waals surface area (Å²) in [5.41, 5.74) is 3.54. The number of nitrogens with one attached hydrogen (secondary N) is 1. The van der Waals surface area contributed by atoms with Gasteiger partial charge in [-0.3, -0.25) is 19.5 Å². The molecule has 6 heteroatoms. The van der Waals surface area contributed by atoms with E-state index in [0.29, 0.717) is 16.9 Å².